The molecule has 2 rings (SSSR count). The van der Waals surface area contributed by atoms with Crippen LogP contribution in [0.25, 0.3) is 0 Å². The maximum Gasteiger partial charge on any atom is 0.319 e. The second-order valence-corrected chi connectivity index (χ2v) is 5.67. The number of rotatable bonds is 7. The number of carbonyl (C=O) groups excluding carboxylic acids is 1. The highest BCUT2D eigenvalue weighted by atomic mass is 16.3. The van der Waals surface area contributed by atoms with Gasteiger partial charge in [0.25, 0.3) is 0 Å². The Labute approximate surface area is 126 Å². The molecule has 0 radical (unpaired) electrons. The number of aliphatic hydroxyl groups excluding tert-OH is 1. The second-order valence-electron chi connectivity index (χ2n) is 5.67. The van der Waals surface area contributed by atoms with Crippen molar-refractivity contribution in [1.29, 1.82) is 0 Å². The zero-order valence-electron chi connectivity index (χ0n) is 12.7. The first kappa shape index (κ1) is 15.8. The number of carbonyl (C=O) groups is 1. The molecule has 4 N–H and O–H groups in total. The smallest absolute Gasteiger partial charge is 0.319 e. The third-order valence-electron chi connectivity index (χ3n) is 3.78. The van der Waals surface area contributed by atoms with E-state index >= 15 is 0 Å². The Morgan fingerprint density at radius 3 is 2.52 bits per heavy atom. The highest BCUT2D eigenvalue weighted by Crippen LogP contribution is 2.20. The molecule has 0 saturated heterocycles. The summed E-state index contributed by atoms with van der Waals surface area (Å²) in [6, 6.07) is 8.29. The Bertz CT molecular complexity index is 453. The van der Waals surface area contributed by atoms with E-state index in [0.717, 1.165) is 30.5 Å². The van der Waals surface area contributed by atoms with E-state index in [-0.39, 0.29) is 24.7 Å². The van der Waals surface area contributed by atoms with E-state index in [1.807, 2.05) is 31.2 Å². The standard InChI is InChI=1S/C16H25N3O2/c1-3-13(10-20)17-11(2)12-4-6-14(7-5-12)18-16(21)19-15-8-9-15/h4-7,11,13,15,17,20H,3,8-10H2,1-2H3,(H2,18,19,21). The van der Waals surface area contributed by atoms with Gasteiger partial charge in [-0.2, -0.15) is 0 Å². The molecule has 0 spiro atoms. The molecule has 1 fully saturated rings. The van der Waals surface area contributed by atoms with Crippen LogP contribution in [-0.2, 0) is 0 Å². The molecule has 0 aromatic heterocycles. The Morgan fingerprint density at radius 1 is 1.33 bits per heavy atom. The van der Waals surface area contributed by atoms with Crippen molar-refractivity contribution < 1.29 is 9.90 Å². The number of aliphatic hydroxyl groups is 1. The van der Waals surface area contributed by atoms with Crippen LogP contribution in [0.4, 0.5) is 10.5 Å². The Kier molecular flexibility index (Phi) is 5.59. The molecule has 0 bridgehead atoms. The molecule has 0 aliphatic heterocycles. The first-order valence-corrected chi connectivity index (χ1v) is 7.66. The predicted molar refractivity (Wildman–Crippen MR) is 84.3 cm³/mol. The molecule has 1 aliphatic rings. The topological polar surface area (TPSA) is 73.4 Å². The summed E-state index contributed by atoms with van der Waals surface area (Å²) in [6.07, 6.45) is 3.06. The maximum atomic E-state index is 11.6. The van der Waals surface area contributed by atoms with Crippen molar-refractivity contribution in [1.82, 2.24) is 10.6 Å². The van der Waals surface area contributed by atoms with Gasteiger partial charge in [-0.3, -0.25) is 0 Å². The molecule has 5 nitrogen and oxygen atoms in total. The lowest BCUT2D eigenvalue weighted by Gasteiger charge is -2.21. The monoisotopic (exact) mass is 291 g/mol. The van der Waals surface area contributed by atoms with E-state index in [9.17, 15) is 9.90 Å². The van der Waals surface area contributed by atoms with Crippen molar-refractivity contribution >= 4 is 11.7 Å². The molecule has 1 saturated carbocycles. The largest absolute Gasteiger partial charge is 0.395 e. The summed E-state index contributed by atoms with van der Waals surface area (Å²) in [7, 11) is 0. The van der Waals surface area contributed by atoms with Gasteiger partial charge in [-0.1, -0.05) is 19.1 Å². The van der Waals surface area contributed by atoms with Crippen molar-refractivity contribution in [3.05, 3.63) is 29.8 Å². The van der Waals surface area contributed by atoms with Gasteiger partial charge in [0.1, 0.15) is 0 Å². The fraction of sp³-hybridized carbons (Fsp3) is 0.562. The Morgan fingerprint density at radius 2 is 2.00 bits per heavy atom. The average Bonchev–Trinajstić information content (AvgIpc) is 3.29. The third-order valence-corrected chi connectivity index (χ3v) is 3.78. The van der Waals surface area contributed by atoms with Crippen LogP contribution < -0.4 is 16.0 Å². The zero-order chi connectivity index (χ0) is 15.2. The normalized spacial score (nSPS) is 17.1. The van der Waals surface area contributed by atoms with E-state index in [0.29, 0.717) is 6.04 Å². The summed E-state index contributed by atoms with van der Waals surface area (Å²) in [5.41, 5.74) is 1.92. The van der Waals surface area contributed by atoms with E-state index in [2.05, 4.69) is 22.9 Å². The lowest BCUT2D eigenvalue weighted by Crippen LogP contribution is -2.33. The minimum absolute atomic E-state index is 0.113. The molecule has 21 heavy (non-hydrogen) atoms. The van der Waals surface area contributed by atoms with Crippen molar-refractivity contribution in [2.75, 3.05) is 11.9 Å². The average molecular weight is 291 g/mol. The zero-order valence-corrected chi connectivity index (χ0v) is 12.7. The Hall–Kier alpha value is -1.59. The van der Waals surface area contributed by atoms with Crippen molar-refractivity contribution in [2.24, 2.45) is 0 Å². The van der Waals surface area contributed by atoms with Gasteiger partial charge in [0.05, 0.1) is 6.61 Å². The molecule has 116 valence electrons. The Balaban J connectivity index is 1.86. The molecule has 2 amide bonds. The molecule has 1 aromatic rings. The van der Waals surface area contributed by atoms with Gasteiger partial charge in [0.15, 0.2) is 0 Å². The molecule has 5 heteroatoms. The lowest BCUT2D eigenvalue weighted by molar-refractivity contribution is 0.230. The summed E-state index contributed by atoms with van der Waals surface area (Å²) in [5, 5.41) is 18.3. The minimum Gasteiger partial charge on any atom is -0.395 e. The summed E-state index contributed by atoms with van der Waals surface area (Å²) in [5.74, 6) is 0. The molecular weight excluding hydrogens is 266 g/mol. The number of urea groups is 1. The summed E-state index contributed by atoms with van der Waals surface area (Å²) >= 11 is 0. The first-order valence-electron chi connectivity index (χ1n) is 7.66. The van der Waals surface area contributed by atoms with Crippen LogP contribution in [0.15, 0.2) is 24.3 Å². The molecule has 2 atom stereocenters. The van der Waals surface area contributed by atoms with Crippen LogP contribution >= 0.6 is 0 Å². The van der Waals surface area contributed by atoms with Crippen LogP contribution in [0, 0.1) is 0 Å². The van der Waals surface area contributed by atoms with Gasteiger partial charge in [-0.15, -0.1) is 0 Å². The number of benzene rings is 1. The first-order chi connectivity index (χ1) is 10.1. The predicted octanol–water partition coefficient (Wildman–Crippen LogP) is 2.39. The van der Waals surface area contributed by atoms with Gasteiger partial charge in [-0.05, 0) is 43.9 Å². The van der Waals surface area contributed by atoms with E-state index in [1.54, 1.807) is 0 Å². The maximum absolute atomic E-state index is 11.6. The van der Waals surface area contributed by atoms with Gasteiger partial charge >= 0.3 is 6.03 Å². The SMILES string of the molecule is CCC(CO)NC(C)c1ccc(NC(=O)NC2CC2)cc1. The number of anilines is 1. The van der Waals surface area contributed by atoms with Crippen LogP contribution in [-0.4, -0.2) is 29.8 Å². The summed E-state index contributed by atoms with van der Waals surface area (Å²) in [6.45, 7) is 4.26. The van der Waals surface area contributed by atoms with Crippen LogP contribution in [0.5, 0.6) is 0 Å². The van der Waals surface area contributed by atoms with Gasteiger partial charge in [-0.25, -0.2) is 4.79 Å². The molecular formula is C16H25N3O2. The van der Waals surface area contributed by atoms with Gasteiger partial charge in [0.2, 0.25) is 0 Å². The number of hydrogen-bond acceptors (Lipinski definition) is 3. The fourth-order valence-corrected chi connectivity index (χ4v) is 2.18. The fourth-order valence-electron chi connectivity index (χ4n) is 2.18. The van der Waals surface area contributed by atoms with Crippen LogP contribution in [0.2, 0.25) is 0 Å². The molecule has 1 aliphatic carbocycles. The van der Waals surface area contributed by atoms with Crippen molar-refractivity contribution in [3.63, 3.8) is 0 Å². The second kappa shape index (κ2) is 7.43. The molecule has 2 unspecified atom stereocenters. The quantitative estimate of drug-likeness (QED) is 0.623. The number of amides is 2. The van der Waals surface area contributed by atoms with Crippen molar-refractivity contribution in [3.8, 4) is 0 Å². The van der Waals surface area contributed by atoms with E-state index < -0.39 is 0 Å². The van der Waals surface area contributed by atoms with E-state index in [4.69, 9.17) is 0 Å². The number of nitrogens with one attached hydrogen (secondary N) is 3. The molecule has 0 heterocycles. The number of hydrogen-bond donors (Lipinski definition) is 4. The lowest BCUT2D eigenvalue weighted by atomic mass is 10.1. The third kappa shape index (κ3) is 5.02. The summed E-state index contributed by atoms with van der Waals surface area (Å²) in [4.78, 5) is 11.6. The van der Waals surface area contributed by atoms with Crippen molar-refractivity contribution in [2.45, 2.75) is 51.2 Å². The van der Waals surface area contributed by atoms with Crippen LogP contribution in [0.1, 0.15) is 44.7 Å². The van der Waals surface area contributed by atoms with Crippen LogP contribution in [0.3, 0.4) is 0 Å². The van der Waals surface area contributed by atoms with E-state index in [1.165, 1.54) is 0 Å². The van der Waals surface area contributed by atoms with Gasteiger partial charge < -0.3 is 21.1 Å². The molecule has 1 aromatic carbocycles. The highest BCUT2D eigenvalue weighted by molar-refractivity contribution is 5.89. The summed E-state index contributed by atoms with van der Waals surface area (Å²) < 4.78 is 0. The minimum atomic E-state index is -0.136. The highest BCUT2D eigenvalue weighted by Gasteiger charge is 2.23. The van der Waals surface area contributed by atoms with Gasteiger partial charge in [0, 0.05) is 23.8 Å².